The first-order valence-electron chi connectivity index (χ1n) is 6.94. The van der Waals surface area contributed by atoms with Gasteiger partial charge in [0.25, 0.3) is 0 Å². The molecule has 0 N–H and O–H groups in total. The van der Waals surface area contributed by atoms with Gasteiger partial charge >= 0.3 is 0 Å². The van der Waals surface area contributed by atoms with E-state index in [4.69, 9.17) is 11.2 Å². The average Bonchev–Trinajstić information content (AvgIpc) is 2.89. The van der Waals surface area contributed by atoms with Crippen molar-refractivity contribution >= 4 is 0 Å². The number of para-hydroxylation sites is 1. The maximum Gasteiger partial charge on any atom is 0.132 e. The summed E-state index contributed by atoms with van der Waals surface area (Å²) in [7, 11) is 0. The van der Waals surface area contributed by atoms with Crippen molar-refractivity contribution < 1.29 is 4.74 Å². The minimum absolute atomic E-state index is 0.184. The van der Waals surface area contributed by atoms with E-state index in [1.165, 1.54) is 5.56 Å². The zero-order valence-electron chi connectivity index (χ0n) is 11.3. The van der Waals surface area contributed by atoms with Gasteiger partial charge in [0.2, 0.25) is 0 Å². The second kappa shape index (κ2) is 5.79. The molecule has 4 nitrogen and oxygen atoms in total. The van der Waals surface area contributed by atoms with Gasteiger partial charge in [-0.1, -0.05) is 29.8 Å². The van der Waals surface area contributed by atoms with Crippen molar-refractivity contribution in [2.24, 2.45) is 0 Å². The van der Waals surface area contributed by atoms with Gasteiger partial charge in [0.1, 0.15) is 12.4 Å². The highest BCUT2D eigenvalue weighted by molar-refractivity contribution is 5.37. The molecule has 2 aromatic rings. The molecule has 0 aliphatic carbocycles. The Bertz CT molecular complexity index is 627. The SMILES string of the molecule is C#CCCCCC1c2ccccc2OCc2cnnn21. The van der Waals surface area contributed by atoms with E-state index in [9.17, 15) is 0 Å². The van der Waals surface area contributed by atoms with E-state index in [0.717, 1.165) is 37.1 Å². The van der Waals surface area contributed by atoms with Crippen LogP contribution in [-0.2, 0) is 6.61 Å². The Morgan fingerprint density at radius 2 is 2.25 bits per heavy atom. The highest BCUT2D eigenvalue weighted by Gasteiger charge is 2.24. The van der Waals surface area contributed by atoms with Crippen molar-refractivity contribution in [1.82, 2.24) is 15.0 Å². The molecule has 0 saturated carbocycles. The standard InChI is InChI=1S/C16H17N3O/c1-2-3-4-5-9-15-14-8-6-7-10-16(14)20-12-13-11-17-18-19(13)15/h1,6-8,10-11,15H,3-5,9,12H2. The van der Waals surface area contributed by atoms with Crippen LogP contribution < -0.4 is 4.74 Å². The zero-order valence-corrected chi connectivity index (χ0v) is 11.3. The molecule has 102 valence electrons. The molecule has 0 radical (unpaired) electrons. The van der Waals surface area contributed by atoms with Gasteiger partial charge in [0, 0.05) is 12.0 Å². The van der Waals surface area contributed by atoms with Crippen LogP contribution in [0.3, 0.4) is 0 Å². The number of unbranched alkanes of at least 4 members (excludes halogenated alkanes) is 2. The highest BCUT2D eigenvalue weighted by atomic mass is 16.5. The van der Waals surface area contributed by atoms with Crippen LogP contribution in [0.15, 0.2) is 30.5 Å². The largest absolute Gasteiger partial charge is 0.487 e. The highest BCUT2D eigenvalue weighted by Crippen LogP contribution is 2.34. The maximum absolute atomic E-state index is 5.86. The Hall–Kier alpha value is -2.28. The van der Waals surface area contributed by atoms with E-state index in [2.05, 4.69) is 22.3 Å². The van der Waals surface area contributed by atoms with Gasteiger partial charge in [-0.3, -0.25) is 0 Å². The van der Waals surface area contributed by atoms with Crippen molar-refractivity contribution in [3.05, 3.63) is 41.7 Å². The predicted octanol–water partition coefficient (Wildman–Crippen LogP) is 2.95. The van der Waals surface area contributed by atoms with Crippen molar-refractivity contribution in [2.75, 3.05) is 0 Å². The lowest BCUT2D eigenvalue weighted by molar-refractivity contribution is 0.301. The number of benzene rings is 1. The minimum atomic E-state index is 0.184. The fourth-order valence-electron chi connectivity index (χ4n) is 2.64. The van der Waals surface area contributed by atoms with Crippen LogP contribution in [0.1, 0.15) is 43.0 Å². The lowest BCUT2D eigenvalue weighted by Gasteiger charge is -2.18. The maximum atomic E-state index is 5.86. The second-order valence-electron chi connectivity index (χ2n) is 4.96. The first-order chi connectivity index (χ1) is 9.90. The van der Waals surface area contributed by atoms with Gasteiger partial charge < -0.3 is 4.74 Å². The first-order valence-corrected chi connectivity index (χ1v) is 6.94. The molecule has 1 unspecified atom stereocenters. The molecule has 0 amide bonds. The molecule has 1 aromatic carbocycles. The van der Waals surface area contributed by atoms with Crippen LogP contribution in [0.4, 0.5) is 0 Å². The predicted molar refractivity (Wildman–Crippen MR) is 76.2 cm³/mol. The Morgan fingerprint density at radius 3 is 3.15 bits per heavy atom. The van der Waals surface area contributed by atoms with Crippen LogP contribution in [0.2, 0.25) is 0 Å². The van der Waals surface area contributed by atoms with E-state index in [-0.39, 0.29) is 6.04 Å². The van der Waals surface area contributed by atoms with Crippen LogP contribution in [-0.4, -0.2) is 15.0 Å². The Balaban J connectivity index is 1.89. The van der Waals surface area contributed by atoms with Crippen LogP contribution >= 0.6 is 0 Å². The Labute approximate surface area is 118 Å². The minimum Gasteiger partial charge on any atom is -0.487 e. The van der Waals surface area contributed by atoms with Crippen molar-refractivity contribution in [3.63, 3.8) is 0 Å². The van der Waals surface area contributed by atoms with E-state index in [1.54, 1.807) is 6.20 Å². The van der Waals surface area contributed by atoms with Crippen molar-refractivity contribution in [2.45, 2.75) is 38.3 Å². The third kappa shape index (κ3) is 2.39. The van der Waals surface area contributed by atoms with Crippen LogP contribution in [0, 0.1) is 12.3 Å². The number of hydrogen-bond donors (Lipinski definition) is 0. The molecular weight excluding hydrogens is 250 g/mol. The molecule has 1 aromatic heterocycles. The van der Waals surface area contributed by atoms with E-state index in [0.29, 0.717) is 6.61 Å². The van der Waals surface area contributed by atoms with Gasteiger partial charge in [0.05, 0.1) is 17.9 Å². The molecule has 1 aliphatic rings. The summed E-state index contributed by atoms with van der Waals surface area (Å²) in [6, 6.07) is 8.35. The summed E-state index contributed by atoms with van der Waals surface area (Å²) in [4.78, 5) is 0. The fraction of sp³-hybridized carbons (Fsp3) is 0.375. The summed E-state index contributed by atoms with van der Waals surface area (Å²) in [5.74, 6) is 3.64. The van der Waals surface area contributed by atoms with Crippen molar-refractivity contribution in [1.29, 1.82) is 0 Å². The van der Waals surface area contributed by atoms with Gasteiger partial charge in [0.15, 0.2) is 0 Å². The normalized spacial score (nSPS) is 16.4. The monoisotopic (exact) mass is 267 g/mol. The Morgan fingerprint density at radius 1 is 1.35 bits per heavy atom. The quantitative estimate of drug-likeness (QED) is 0.631. The summed E-state index contributed by atoms with van der Waals surface area (Å²) in [5.41, 5.74) is 2.20. The number of ether oxygens (including phenoxy) is 1. The zero-order chi connectivity index (χ0) is 13.8. The lowest BCUT2D eigenvalue weighted by Crippen LogP contribution is -2.13. The molecule has 0 fully saturated rings. The number of rotatable bonds is 4. The summed E-state index contributed by atoms with van der Waals surface area (Å²) < 4.78 is 7.85. The summed E-state index contributed by atoms with van der Waals surface area (Å²) in [5, 5.41) is 8.26. The molecule has 3 rings (SSSR count). The molecule has 0 bridgehead atoms. The molecule has 0 spiro atoms. The number of aromatic nitrogens is 3. The van der Waals surface area contributed by atoms with E-state index in [1.807, 2.05) is 22.9 Å². The fourth-order valence-corrected chi connectivity index (χ4v) is 2.64. The molecule has 1 aliphatic heterocycles. The summed E-state index contributed by atoms with van der Waals surface area (Å²) in [6.45, 7) is 0.519. The van der Waals surface area contributed by atoms with Gasteiger partial charge in [-0.25, -0.2) is 4.68 Å². The number of fused-ring (bicyclic) bond motifs is 2. The average molecular weight is 267 g/mol. The van der Waals surface area contributed by atoms with Crippen LogP contribution in [0.5, 0.6) is 5.75 Å². The van der Waals surface area contributed by atoms with Gasteiger partial charge in [-0.15, -0.1) is 17.4 Å². The Kier molecular flexibility index (Phi) is 3.69. The smallest absolute Gasteiger partial charge is 0.132 e. The molecule has 2 heterocycles. The van der Waals surface area contributed by atoms with Crippen LogP contribution in [0.25, 0.3) is 0 Å². The summed E-state index contributed by atoms with van der Waals surface area (Å²) in [6.07, 6.45) is 11.0. The van der Waals surface area contributed by atoms with E-state index >= 15 is 0 Å². The lowest BCUT2D eigenvalue weighted by atomic mass is 9.99. The summed E-state index contributed by atoms with van der Waals surface area (Å²) >= 11 is 0. The second-order valence-corrected chi connectivity index (χ2v) is 4.96. The van der Waals surface area contributed by atoms with Gasteiger partial charge in [-0.2, -0.15) is 0 Å². The third-order valence-corrected chi connectivity index (χ3v) is 3.65. The number of terminal acetylenes is 1. The molecular formula is C16H17N3O. The third-order valence-electron chi connectivity index (χ3n) is 3.65. The number of hydrogen-bond acceptors (Lipinski definition) is 3. The topological polar surface area (TPSA) is 39.9 Å². The molecule has 1 atom stereocenters. The molecule has 20 heavy (non-hydrogen) atoms. The van der Waals surface area contributed by atoms with Crippen molar-refractivity contribution in [3.8, 4) is 18.1 Å². The molecule has 4 heteroatoms. The van der Waals surface area contributed by atoms with E-state index < -0.39 is 0 Å². The van der Waals surface area contributed by atoms with Gasteiger partial charge in [-0.05, 0) is 18.9 Å². The number of nitrogens with zero attached hydrogens (tertiary/aromatic N) is 3. The molecule has 0 saturated heterocycles. The first kappa shape index (κ1) is 12.7.